The average molecular weight is 421 g/mol. The van der Waals surface area contributed by atoms with Gasteiger partial charge in [0.25, 0.3) is 5.56 Å². The molecule has 3 nitrogen and oxygen atoms in total. The molecule has 0 spiro atoms. The van der Waals surface area contributed by atoms with Gasteiger partial charge in [-0.25, -0.2) is 4.98 Å². The lowest BCUT2D eigenvalue weighted by molar-refractivity contribution is 0.596. The molecule has 4 rings (SSSR count). The summed E-state index contributed by atoms with van der Waals surface area (Å²) in [6, 6.07) is 16.7. The molecular weight excluding hydrogens is 396 g/mol. The lowest BCUT2D eigenvalue weighted by Crippen LogP contribution is -2.23. The molecule has 0 atom stereocenters. The predicted octanol–water partition coefficient (Wildman–Crippen LogP) is 5.92. The van der Waals surface area contributed by atoms with Gasteiger partial charge in [-0.15, -0.1) is 11.3 Å². The van der Waals surface area contributed by atoms with E-state index in [-0.39, 0.29) is 5.56 Å². The number of aryl methyl sites for hydroxylation is 4. The SMILES string of the molecule is Cc1cc(C)c(CSc2nc3ccsc3c(=O)n2CCc2ccccc2)c(C)c1. The largest absolute Gasteiger partial charge is 0.286 e. The van der Waals surface area contributed by atoms with Crippen molar-refractivity contribution >= 4 is 33.3 Å². The number of thiophene rings is 1. The Morgan fingerprint density at radius 2 is 1.76 bits per heavy atom. The van der Waals surface area contributed by atoms with Crippen LogP contribution in [0.15, 0.2) is 63.9 Å². The summed E-state index contributed by atoms with van der Waals surface area (Å²) < 4.78 is 2.60. The Kier molecular flexibility index (Phi) is 5.88. The zero-order valence-electron chi connectivity index (χ0n) is 16.9. The number of hydrogen-bond donors (Lipinski definition) is 0. The molecule has 2 aromatic carbocycles. The molecule has 0 saturated heterocycles. The van der Waals surface area contributed by atoms with Gasteiger partial charge in [0.05, 0.1) is 5.52 Å². The first kappa shape index (κ1) is 19.9. The maximum Gasteiger partial charge on any atom is 0.272 e. The molecule has 5 heteroatoms. The molecule has 0 fully saturated rings. The summed E-state index contributed by atoms with van der Waals surface area (Å²) in [5.74, 6) is 0.811. The third-order valence-corrected chi connectivity index (χ3v) is 7.08. The molecule has 0 N–H and O–H groups in total. The number of thioether (sulfide) groups is 1. The Bertz CT molecular complexity index is 1190. The zero-order valence-corrected chi connectivity index (χ0v) is 18.6. The van der Waals surface area contributed by atoms with Crippen LogP contribution in [-0.2, 0) is 18.7 Å². The van der Waals surface area contributed by atoms with E-state index in [0.29, 0.717) is 6.54 Å². The number of hydrogen-bond acceptors (Lipinski definition) is 4. The molecule has 0 saturated carbocycles. The summed E-state index contributed by atoms with van der Waals surface area (Å²) in [4.78, 5) is 18.0. The van der Waals surface area contributed by atoms with Crippen LogP contribution in [-0.4, -0.2) is 9.55 Å². The molecule has 148 valence electrons. The standard InChI is InChI=1S/C24H24N2OS2/c1-16-13-17(2)20(18(3)14-16)15-29-24-25-21-10-12-28-22(21)23(27)26(24)11-9-19-7-5-4-6-8-19/h4-8,10,12-14H,9,11,15H2,1-3H3. The Labute approximate surface area is 179 Å². The van der Waals surface area contributed by atoms with Crippen LogP contribution in [0, 0.1) is 20.8 Å². The van der Waals surface area contributed by atoms with Gasteiger partial charge in [0.2, 0.25) is 0 Å². The van der Waals surface area contributed by atoms with Crippen molar-refractivity contribution in [3.05, 3.63) is 92.1 Å². The first-order chi connectivity index (χ1) is 14.0. The van der Waals surface area contributed by atoms with Crippen molar-refractivity contribution in [3.8, 4) is 0 Å². The first-order valence-electron chi connectivity index (χ1n) is 9.74. The van der Waals surface area contributed by atoms with Crippen molar-refractivity contribution < 1.29 is 0 Å². The number of nitrogens with zero attached hydrogens (tertiary/aromatic N) is 2. The average Bonchev–Trinajstić information content (AvgIpc) is 3.16. The molecule has 0 aliphatic heterocycles. The van der Waals surface area contributed by atoms with E-state index < -0.39 is 0 Å². The molecule has 29 heavy (non-hydrogen) atoms. The highest BCUT2D eigenvalue weighted by Gasteiger charge is 2.14. The summed E-state index contributed by atoms with van der Waals surface area (Å²) in [6.45, 7) is 7.09. The Morgan fingerprint density at radius 1 is 1.03 bits per heavy atom. The molecule has 2 heterocycles. The highest BCUT2D eigenvalue weighted by molar-refractivity contribution is 7.98. The van der Waals surface area contributed by atoms with E-state index in [4.69, 9.17) is 4.98 Å². The van der Waals surface area contributed by atoms with E-state index >= 15 is 0 Å². The molecule has 2 aromatic heterocycles. The van der Waals surface area contributed by atoms with E-state index in [9.17, 15) is 4.79 Å². The maximum atomic E-state index is 13.1. The normalized spacial score (nSPS) is 11.3. The van der Waals surface area contributed by atoms with Crippen molar-refractivity contribution in [3.63, 3.8) is 0 Å². The van der Waals surface area contributed by atoms with Crippen LogP contribution in [0.1, 0.15) is 27.8 Å². The Morgan fingerprint density at radius 3 is 2.48 bits per heavy atom. The highest BCUT2D eigenvalue weighted by atomic mass is 32.2. The van der Waals surface area contributed by atoms with Gasteiger partial charge < -0.3 is 0 Å². The molecule has 0 amide bonds. The van der Waals surface area contributed by atoms with Crippen molar-refractivity contribution in [2.75, 3.05) is 0 Å². The van der Waals surface area contributed by atoms with E-state index in [1.807, 2.05) is 34.2 Å². The number of benzene rings is 2. The Hall–Kier alpha value is -2.37. The second kappa shape index (κ2) is 8.56. The molecule has 0 radical (unpaired) electrons. The summed E-state index contributed by atoms with van der Waals surface area (Å²) in [6.07, 6.45) is 0.815. The smallest absolute Gasteiger partial charge is 0.272 e. The van der Waals surface area contributed by atoms with Gasteiger partial charge in [-0.05, 0) is 60.9 Å². The molecule has 0 unspecified atom stereocenters. The van der Waals surface area contributed by atoms with Crippen LogP contribution in [0.5, 0.6) is 0 Å². The minimum atomic E-state index is 0.0702. The van der Waals surface area contributed by atoms with E-state index in [1.54, 1.807) is 11.8 Å². The summed E-state index contributed by atoms with van der Waals surface area (Å²) >= 11 is 3.13. The van der Waals surface area contributed by atoms with Crippen molar-refractivity contribution in [2.45, 2.75) is 44.6 Å². The third-order valence-electron chi connectivity index (χ3n) is 5.18. The monoisotopic (exact) mass is 420 g/mol. The van der Waals surface area contributed by atoms with Gasteiger partial charge in [-0.3, -0.25) is 9.36 Å². The lowest BCUT2D eigenvalue weighted by atomic mass is 10.0. The van der Waals surface area contributed by atoms with Crippen LogP contribution in [0.3, 0.4) is 0 Å². The lowest BCUT2D eigenvalue weighted by Gasteiger charge is -2.14. The quantitative estimate of drug-likeness (QED) is 0.287. The van der Waals surface area contributed by atoms with Gasteiger partial charge in [0, 0.05) is 12.3 Å². The molecule has 4 aromatic rings. The fraction of sp³-hybridized carbons (Fsp3) is 0.250. The topological polar surface area (TPSA) is 34.9 Å². The highest BCUT2D eigenvalue weighted by Crippen LogP contribution is 2.27. The van der Waals surface area contributed by atoms with Crippen LogP contribution in [0.25, 0.3) is 10.2 Å². The predicted molar refractivity (Wildman–Crippen MR) is 124 cm³/mol. The van der Waals surface area contributed by atoms with E-state index in [1.165, 1.54) is 39.2 Å². The zero-order chi connectivity index (χ0) is 20.4. The molecular formula is C24H24N2OS2. The maximum absolute atomic E-state index is 13.1. The number of aromatic nitrogens is 2. The van der Waals surface area contributed by atoms with Crippen LogP contribution < -0.4 is 5.56 Å². The first-order valence-corrected chi connectivity index (χ1v) is 11.6. The van der Waals surface area contributed by atoms with E-state index in [2.05, 4.69) is 45.0 Å². The van der Waals surface area contributed by atoms with Gasteiger partial charge >= 0.3 is 0 Å². The van der Waals surface area contributed by atoms with Crippen molar-refractivity contribution in [1.82, 2.24) is 9.55 Å². The number of fused-ring (bicyclic) bond motifs is 1. The minimum absolute atomic E-state index is 0.0702. The van der Waals surface area contributed by atoms with E-state index in [0.717, 1.165) is 27.5 Å². The van der Waals surface area contributed by atoms with Crippen LogP contribution in [0.2, 0.25) is 0 Å². The second-order valence-electron chi connectivity index (χ2n) is 7.39. The van der Waals surface area contributed by atoms with Gasteiger partial charge in [-0.1, -0.05) is 59.8 Å². The van der Waals surface area contributed by atoms with Gasteiger partial charge in [-0.2, -0.15) is 0 Å². The summed E-state index contributed by atoms with van der Waals surface area (Å²) in [5.41, 5.74) is 7.30. The van der Waals surface area contributed by atoms with Crippen LogP contribution in [0.4, 0.5) is 0 Å². The second-order valence-corrected chi connectivity index (χ2v) is 9.25. The van der Waals surface area contributed by atoms with Gasteiger partial charge in [0.1, 0.15) is 4.70 Å². The van der Waals surface area contributed by atoms with Crippen molar-refractivity contribution in [1.29, 1.82) is 0 Å². The summed E-state index contributed by atoms with van der Waals surface area (Å²) in [7, 11) is 0. The molecule has 0 aliphatic rings. The fourth-order valence-electron chi connectivity index (χ4n) is 3.69. The summed E-state index contributed by atoms with van der Waals surface area (Å²) in [5, 5.41) is 2.75. The molecule has 0 bridgehead atoms. The van der Waals surface area contributed by atoms with Gasteiger partial charge in [0.15, 0.2) is 5.16 Å². The minimum Gasteiger partial charge on any atom is -0.286 e. The number of rotatable bonds is 6. The molecule has 0 aliphatic carbocycles. The van der Waals surface area contributed by atoms with Crippen molar-refractivity contribution in [2.24, 2.45) is 0 Å². The third kappa shape index (κ3) is 4.31. The van der Waals surface area contributed by atoms with Crippen LogP contribution >= 0.6 is 23.1 Å². The fourth-order valence-corrected chi connectivity index (χ4v) is 5.69. The Balaban J connectivity index is 1.66.